The number of aromatic amines is 1. The number of fused-ring (bicyclic) bond motifs is 1. The van der Waals surface area contributed by atoms with Gasteiger partial charge >= 0.3 is 0 Å². The summed E-state index contributed by atoms with van der Waals surface area (Å²) in [5.74, 6) is -0.982. The maximum atomic E-state index is 14.1. The fraction of sp³-hybridized carbons (Fsp3) is 0.450. The highest BCUT2D eigenvalue weighted by molar-refractivity contribution is 6.34. The van der Waals surface area contributed by atoms with Crippen LogP contribution in [0.25, 0.3) is 22.3 Å². The molecule has 3 N–H and O–H groups in total. The van der Waals surface area contributed by atoms with Crippen molar-refractivity contribution in [3.8, 4) is 11.4 Å². The Balaban J connectivity index is 1.87. The van der Waals surface area contributed by atoms with Crippen LogP contribution >= 0.6 is 11.6 Å². The lowest BCUT2D eigenvalue weighted by molar-refractivity contribution is 0.476. The summed E-state index contributed by atoms with van der Waals surface area (Å²) in [5, 5.41) is 14.1. The third kappa shape index (κ3) is 3.91. The van der Waals surface area contributed by atoms with Gasteiger partial charge in [0.25, 0.3) is 0 Å². The van der Waals surface area contributed by atoms with Gasteiger partial charge in [-0.1, -0.05) is 32.4 Å². The van der Waals surface area contributed by atoms with E-state index in [2.05, 4.69) is 30.8 Å². The summed E-state index contributed by atoms with van der Waals surface area (Å²) >= 11 is 6.68. The fourth-order valence-electron chi connectivity index (χ4n) is 3.55. The Labute approximate surface area is 172 Å². The maximum absolute atomic E-state index is 14.1. The van der Waals surface area contributed by atoms with Gasteiger partial charge in [-0.15, -0.1) is 0 Å². The Morgan fingerprint density at radius 3 is 2.55 bits per heavy atom. The number of nitrogens with zero attached hydrogens (tertiary/aromatic N) is 3. The fourth-order valence-corrected chi connectivity index (χ4v) is 4.01. The summed E-state index contributed by atoms with van der Waals surface area (Å²) in [6.45, 7) is 7.86. The van der Waals surface area contributed by atoms with E-state index in [1.807, 2.05) is 20.8 Å². The first-order valence-corrected chi connectivity index (χ1v) is 10.0. The lowest BCUT2D eigenvalue weighted by atomic mass is 9.91. The van der Waals surface area contributed by atoms with Crippen molar-refractivity contribution < 1.29 is 8.78 Å². The zero-order chi connectivity index (χ0) is 20.8. The minimum absolute atomic E-state index is 0.0428. The third-order valence-electron chi connectivity index (χ3n) is 5.05. The number of anilines is 1. The lowest BCUT2D eigenvalue weighted by Crippen LogP contribution is -2.36. The van der Waals surface area contributed by atoms with Crippen molar-refractivity contribution in [3.05, 3.63) is 34.5 Å². The van der Waals surface area contributed by atoms with E-state index in [4.69, 9.17) is 11.6 Å². The quantitative estimate of drug-likeness (QED) is 0.584. The molecule has 0 aliphatic carbocycles. The molecular formula is C20H23ClF2N6. The van der Waals surface area contributed by atoms with E-state index in [0.29, 0.717) is 28.1 Å². The highest BCUT2D eigenvalue weighted by Gasteiger charge is 2.27. The van der Waals surface area contributed by atoms with Gasteiger partial charge in [-0.2, -0.15) is 5.10 Å². The van der Waals surface area contributed by atoms with Crippen molar-refractivity contribution in [1.29, 1.82) is 0 Å². The predicted octanol–water partition coefficient (Wildman–Crippen LogP) is 4.41. The van der Waals surface area contributed by atoms with Gasteiger partial charge < -0.3 is 10.6 Å². The molecule has 3 heterocycles. The van der Waals surface area contributed by atoms with Crippen LogP contribution in [0, 0.1) is 11.6 Å². The van der Waals surface area contributed by atoms with Crippen molar-refractivity contribution in [2.24, 2.45) is 0 Å². The first-order chi connectivity index (χ1) is 13.7. The molecule has 1 saturated heterocycles. The molecule has 9 heteroatoms. The summed E-state index contributed by atoms with van der Waals surface area (Å²) in [5.41, 5.74) is 1.08. The smallest absolute Gasteiger partial charge is 0.223 e. The topological polar surface area (TPSA) is 78.5 Å². The Morgan fingerprint density at radius 1 is 1.14 bits per heavy atom. The number of H-pyrrole nitrogens is 1. The van der Waals surface area contributed by atoms with Crippen molar-refractivity contribution in [2.45, 2.75) is 45.1 Å². The van der Waals surface area contributed by atoms with Gasteiger partial charge in [-0.3, -0.25) is 5.10 Å². The molecule has 1 aliphatic rings. The molecule has 0 spiro atoms. The van der Waals surface area contributed by atoms with Crippen molar-refractivity contribution in [2.75, 3.05) is 18.4 Å². The molecule has 1 aliphatic heterocycles. The van der Waals surface area contributed by atoms with Crippen LogP contribution in [-0.4, -0.2) is 39.3 Å². The van der Waals surface area contributed by atoms with Gasteiger partial charge in [-0.05, 0) is 32.0 Å². The van der Waals surface area contributed by atoms with E-state index in [0.717, 1.165) is 32.0 Å². The zero-order valence-corrected chi connectivity index (χ0v) is 17.3. The summed E-state index contributed by atoms with van der Waals surface area (Å²) in [6, 6.07) is 2.28. The van der Waals surface area contributed by atoms with E-state index in [-0.39, 0.29) is 22.4 Å². The second-order valence-corrected chi connectivity index (χ2v) is 8.74. The number of rotatable bonds is 3. The molecule has 4 rings (SSSR count). The molecule has 154 valence electrons. The Kier molecular flexibility index (Phi) is 5.16. The van der Waals surface area contributed by atoms with Gasteiger partial charge in [0, 0.05) is 22.9 Å². The lowest BCUT2D eigenvalue weighted by Gasteiger charge is -2.26. The SMILES string of the molecule is CC(C)(C)c1nc(NC2CCNCC2)nc(-c2[nH]nc3c(F)cc(F)cc23)c1Cl. The second kappa shape index (κ2) is 7.50. The molecule has 29 heavy (non-hydrogen) atoms. The first kappa shape index (κ1) is 20.0. The normalized spacial score (nSPS) is 15.8. The average Bonchev–Trinajstić information content (AvgIpc) is 3.07. The Hall–Kier alpha value is -2.32. The number of nitrogens with one attached hydrogen (secondary N) is 3. The van der Waals surface area contributed by atoms with E-state index < -0.39 is 11.6 Å². The van der Waals surface area contributed by atoms with Crippen LogP contribution in [-0.2, 0) is 5.41 Å². The van der Waals surface area contributed by atoms with Gasteiger partial charge in [0.1, 0.15) is 17.0 Å². The van der Waals surface area contributed by atoms with Gasteiger partial charge in [0.05, 0.1) is 16.4 Å². The molecule has 0 saturated carbocycles. The molecule has 0 bridgehead atoms. The van der Waals surface area contributed by atoms with E-state index in [1.165, 1.54) is 6.07 Å². The van der Waals surface area contributed by atoms with Crippen molar-refractivity contribution >= 4 is 28.5 Å². The zero-order valence-electron chi connectivity index (χ0n) is 16.5. The summed E-state index contributed by atoms with van der Waals surface area (Å²) in [7, 11) is 0. The molecular weight excluding hydrogens is 398 g/mol. The van der Waals surface area contributed by atoms with Crippen molar-refractivity contribution in [1.82, 2.24) is 25.5 Å². The summed E-state index contributed by atoms with van der Waals surface area (Å²) in [6.07, 6.45) is 1.91. The third-order valence-corrected chi connectivity index (χ3v) is 5.41. The van der Waals surface area contributed by atoms with Crippen LogP contribution < -0.4 is 10.6 Å². The van der Waals surface area contributed by atoms with E-state index in [1.54, 1.807) is 0 Å². The molecule has 2 aromatic heterocycles. The highest BCUT2D eigenvalue weighted by Crippen LogP contribution is 2.38. The Morgan fingerprint density at radius 2 is 1.86 bits per heavy atom. The molecule has 1 fully saturated rings. The number of hydrogen-bond acceptors (Lipinski definition) is 5. The summed E-state index contributed by atoms with van der Waals surface area (Å²) in [4.78, 5) is 9.27. The maximum Gasteiger partial charge on any atom is 0.223 e. The van der Waals surface area contributed by atoms with Crippen LogP contribution in [0.1, 0.15) is 39.3 Å². The first-order valence-electron chi connectivity index (χ1n) is 9.63. The predicted molar refractivity (Wildman–Crippen MR) is 110 cm³/mol. The second-order valence-electron chi connectivity index (χ2n) is 8.36. The van der Waals surface area contributed by atoms with Crippen LogP contribution in [0.4, 0.5) is 14.7 Å². The van der Waals surface area contributed by atoms with E-state index in [9.17, 15) is 8.78 Å². The molecule has 0 atom stereocenters. The average molecular weight is 421 g/mol. The molecule has 0 unspecified atom stereocenters. The van der Waals surface area contributed by atoms with Crippen LogP contribution in [0.2, 0.25) is 5.02 Å². The Bertz CT molecular complexity index is 1050. The standard InChI is InChI=1S/C20H23ClF2N6/c1-20(2,3)18-14(21)17(26-19(27-18)25-11-4-6-24-7-5-11)16-12-8-10(22)9-13(23)15(12)28-29-16/h8-9,11,24H,4-7H2,1-3H3,(H,28,29)(H,25,26,27). The number of hydrogen-bond donors (Lipinski definition) is 3. The monoisotopic (exact) mass is 420 g/mol. The number of benzene rings is 1. The van der Waals surface area contributed by atoms with E-state index >= 15 is 0 Å². The molecule has 1 aromatic carbocycles. The number of aromatic nitrogens is 4. The van der Waals surface area contributed by atoms with Crippen LogP contribution in [0.5, 0.6) is 0 Å². The number of piperidine rings is 1. The molecule has 6 nitrogen and oxygen atoms in total. The minimum Gasteiger partial charge on any atom is -0.351 e. The van der Waals surface area contributed by atoms with Gasteiger partial charge in [0.2, 0.25) is 5.95 Å². The van der Waals surface area contributed by atoms with Crippen LogP contribution in [0.15, 0.2) is 12.1 Å². The molecule has 0 radical (unpaired) electrons. The highest BCUT2D eigenvalue weighted by atomic mass is 35.5. The largest absolute Gasteiger partial charge is 0.351 e. The molecule has 3 aromatic rings. The van der Waals surface area contributed by atoms with Gasteiger partial charge in [-0.25, -0.2) is 18.7 Å². The van der Waals surface area contributed by atoms with Crippen molar-refractivity contribution in [3.63, 3.8) is 0 Å². The number of halogens is 3. The summed E-state index contributed by atoms with van der Waals surface area (Å²) < 4.78 is 28.0. The van der Waals surface area contributed by atoms with Crippen LogP contribution in [0.3, 0.4) is 0 Å². The molecule has 0 amide bonds. The minimum atomic E-state index is -0.739. The van der Waals surface area contributed by atoms with Gasteiger partial charge in [0.15, 0.2) is 5.82 Å².